The van der Waals surface area contributed by atoms with Crippen LogP contribution in [0, 0.1) is 6.92 Å². The number of amides is 1. The fourth-order valence-corrected chi connectivity index (χ4v) is 2.19. The quantitative estimate of drug-likeness (QED) is 0.267. The molecule has 0 bridgehead atoms. The lowest BCUT2D eigenvalue weighted by Gasteiger charge is -2.23. The van der Waals surface area contributed by atoms with Crippen molar-refractivity contribution in [1.82, 2.24) is 5.32 Å². The fraction of sp³-hybridized carbons (Fsp3) is 0.450. The smallest absolute Gasteiger partial charge is 0.409 e. The van der Waals surface area contributed by atoms with Crippen molar-refractivity contribution < 1.29 is 33.3 Å². The topological polar surface area (TPSA) is 100 Å². The van der Waals surface area contributed by atoms with E-state index in [9.17, 15) is 14.4 Å². The van der Waals surface area contributed by atoms with Crippen molar-refractivity contribution in [3.8, 4) is 0 Å². The SMILES string of the molecule is C=CCOC(=O)NC(C[C@H](OC(=O)c1ccc(C)cc1)C(=O)OCC)OCC. The van der Waals surface area contributed by atoms with Gasteiger partial charge in [-0.1, -0.05) is 30.4 Å². The van der Waals surface area contributed by atoms with Gasteiger partial charge in [0.25, 0.3) is 0 Å². The Labute approximate surface area is 164 Å². The summed E-state index contributed by atoms with van der Waals surface area (Å²) in [5, 5.41) is 2.47. The molecule has 0 radical (unpaired) electrons. The van der Waals surface area contributed by atoms with Gasteiger partial charge in [0.1, 0.15) is 12.8 Å². The number of carbonyl (C=O) groups is 3. The summed E-state index contributed by atoms with van der Waals surface area (Å²) in [5.74, 6) is -1.41. The Morgan fingerprint density at radius 2 is 1.79 bits per heavy atom. The third-order valence-corrected chi connectivity index (χ3v) is 3.49. The predicted molar refractivity (Wildman–Crippen MR) is 102 cm³/mol. The van der Waals surface area contributed by atoms with Gasteiger partial charge in [-0.25, -0.2) is 14.4 Å². The standard InChI is InChI=1S/C20H27NO7/c1-5-12-27-20(24)21-17(25-6-2)13-16(19(23)26-7-3)28-18(22)15-10-8-14(4)9-11-15/h5,8-11,16-17H,1,6-7,12-13H2,2-4H3,(H,21,24)/t16-,17?/m0/s1. The molecule has 8 nitrogen and oxygen atoms in total. The maximum Gasteiger partial charge on any atom is 0.409 e. The summed E-state index contributed by atoms with van der Waals surface area (Å²) in [5.41, 5.74) is 1.28. The van der Waals surface area contributed by atoms with E-state index < -0.39 is 30.4 Å². The first-order valence-electron chi connectivity index (χ1n) is 9.01. The molecule has 0 heterocycles. The number of alkyl carbamates (subject to hydrolysis) is 1. The van der Waals surface area contributed by atoms with Gasteiger partial charge in [0.05, 0.1) is 12.2 Å². The lowest BCUT2D eigenvalue weighted by molar-refractivity contribution is -0.156. The Hall–Kier alpha value is -2.87. The number of hydrogen-bond acceptors (Lipinski definition) is 7. The van der Waals surface area contributed by atoms with E-state index in [1.807, 2.05) is 6.92 Å². The van der Waals surface area contributed by atoms with Crippen LogP contribution in [0.5, 0.6) is 0 Å². The first-order chi connectivity index (χ1) is 13.4. The van der Waals surface area contributed by atoms with Gasteiger partial charge < -0.3 is 18.9 Å². The number of aryl methyl sites for hydroxylation is 1. The van der Waals surface area contributed by atoms with Gasteiger partial charge in [0, 0.05) is 13.0 Å². The highest BCUT2D eigenvalue weighted by Crippen LogP contribution is 2.12. The molecule has 1 aromatic rings. The Morgan fingerprint density at radius 3 is 2.36 bits per heavy atom. The van der Waals surface area contributed by atoms with Gasteiger partial charge in [-0.2, -0.15) is 0 Å². The van der Waals surface area contributed by atoms with E-state index in [-0.39, 0.29) is 26.2 Å². The van der Waals surface area contributed by atoms with Gasteiger partial charge in [-0.05, 0) is 32.9 Å². The maximum absolute atomic E-state index is 12.4. The summed E-state index contributed by atoms with van der Waals surface area (Å²) < 4.78 is 20.6. The van der Waals surface area contributed by atoms with Gasteiger partial charge in [-0.3, -0.25) is 5.32 Å². The molecule has 2 atom stereocenters. The second-order valence-corrected chi connectivity index (χ2v) is 5.72. The number of nitrogens with one attached hydrogen (secondary N) is 1. The van der Waals surface area contributed by atoms with Gasteiger partial charge in [-0.15, -0.1) is 0 Å². The normalized spacial score (nSPS) is 12.4. The largest absolute Gasteiger partial charge is 0.463 e. The molecule has 8 heteroatoms. The highest BCUT2D eigenvalue weighted by molar-refractivity contribution is 5.91. The zero-order chi connectivity index (χ0) is 20.9. The van der Waals surface area contributed by atoms with Crippen LogP contribution in [0.4, 0.5) is 4.79 Å². The third kappa shape index (κ3) is 8.22. The van der Waals surface area contributed by atoms with E-state index in [0.29, 0.717) is 5.56 Å². The number of hydrogen-bond donors (Lipinski definition) is 1. The van der Waals surface area contributed by atoms with Crippen LogP contribution in [-0.2, 0) is 23.7 Å². The molecule has 154 valence electrons. The molecular formula is C20H27NO7. The first kappa shape index (κ1) is 23.2. The highest BCUT2D eigenvalue weighted by atomic mass is 16.6. The molecule has 1 unspecified atom stereocenters. The van der Waals surface area contributed by atoms with E-state index in [2.05, 4.69) is 11.9 Å². The van der Waals surface area contributed by atoms with Crippen LogP contribution in [0.25, 0.3) is 0 Å². The highest BCUT2D eigenvalue weighted by Gasteiger charge is 2.30. The summed E-state index contributed by atoms with van der Waals surface area (Å²) in [6, 6.07) is 6.72. The summed E-state index contributed by atoms with van der Waals surface area (Å²) in [6.07, 6.45) is -1.63. The molecule has 0 spiro atoms. The number of carbonyl (C=O) groups excluding carboxylic acids is 3. The van der Waals surface area contributed by atoms with Crippen molar-refractivity contribution in [3.63, 3.8) is 0 Å². The van der Waals surface area contributed by atoms with Crippen molar-refractivity contribution in [2.45, 2.75) is 39.5 Å². The number of rotatable bonds is 11. The van der Waals surface area contributed by atoms with E-state index in [0.717, 1.165) is 5.56 Å². The molecule has 1 aromatic carbocycles. The minimum Gasteiger partial charge on any atom is -0.463 e. The predicted octanol–water partition coefficient (Wildman–Crippen LogP) is 2.75. The zero-order valence-corrected chi connectivity index (χ0v) is 16.4. The molecule has 1 N–H and O–H groups in total. The second-order valence-electron chi connectivity index (χ2n) is 5.72. The van der Waals surface area contributed by atoms with Crippen molar-refractivity contribution in [2.24, 2.45) is 0 Å². The van der Waals surface area contributed by atoms with E-state index in [1.165, 1.54) is 6.08 Å². The van der Waals surface area contributed by atoms with Gasteiger partial charge >= 0.3 is 18.0 Å². The monoisotopic (exact) mass is 393 g/mol. The Bertz CT molecular complexity index is 657. The molecule has 0 aliphatic heterocycles. The third-order valence-electron chi connectivity index (χ3n) is 3.49. The maximum atomic E-state index is 12.4. The average Bonchev–Trinajstić information content (AvgIpc) is 2.66. The number of benzene rings is 1. The molecular weight excluding hydrogens is 366 g/mol. The molecule has 0 saturated heterocycles. The van der Waals surface area contributed by atoms with Crippen LogP contribution in [0.15, 0.2) is 36.9 Å². The minimum absolute atomic E-state index is 0.0222. The molecule has 0 saturated carbocycles. The van der Waals surface area contributed by atoms with E-state index in [1.54, 1.807) is 38.1 Å². The van der Waals surface area contributed by atoms with Gasteiger partial charge in [0.2, 0.25) is 6.10 Å². The molecule has 0 fully saturated rings. The Kier molecular flexibility index (Phi) is 10.3. The summed E-state index contributed by atoms with van der Waals surface area (Å²) in [4.78, 5) is 36.4. The van der Waals surface area contributed by atoms with E-state index >= 15 is 0 Å². The summed E-state index contributed by atoms with van der Waals surface area (Å²) in [7, 11) is 0. The Balaban J connectivity index is 2.86. The van der Waals surface area contributed by atoms with Crippen molar-refractivity contribution in [3.05, 3.63) is 48.0 Å². The van der Waals surface area contributed by atoms with E-state index in [4.69, 9.17) is 18.9 Å². The Morgan fingerprint density at radius 1 is 1.11 bits per heavy atom. The summed E-state index contributed by atoms with van der Waals surface area (Å²) >= 11 is 0. The lowest BCUT2D eigenvalue weighted by atomic mass is 10.1. The molecule has 1 rings (SSSR count). The van der Waals surface area contributed by atoms with Crippen LogP contribution in [0.2, 0.25) is 0 Å². The molecule has 1 amide bonds. The molecule has 0 aromatic heterocycles. The first-order valence-corrected chi connectivity index (χ1v) is 9.01. The minimum atomic E-state index is -1.26. The van der Waals surface area contributed by atoms with Crippen LogP contribution in [0.3, 0.4) is 0 Å². The van der Waals surface area contributed by atoms with Crippen molar-refractivity contribution >= 4 is 18.0 Å². The lowest BCUT2D eigenvalue weighted by Crippen LogP contribution is -2.43. The van der Waals surface area contributed by atoms with Crippen LogP contribution in [0.1, 0.15) is 36.2 Å². The zero-order valence-electron chi connectivity index (χ0n) is 16.4. The van der Waals surface area contributed by atoms with Crippen molar-refractivity contribution in [2.75, 3.05) is 19.8 Å². The summed E-state index contributed by atoms with van der Waals surface area (Å²) in [6.45, 7) is 9.10. The molecule has 0 aliphatic carbocycles. The average molecular weight is 393 g/mol. The molecule has 0 aliphatic rings. The van der Waals surface area contributed by atoms with Gasteiger partial charge in [0.15, 0.2) is 0 Å². The van der Waals surface area contributed by atoms with Crippen LogP contribution >= 0.6 is 0 Å². The molecule has 28 heavy (non-hydrogen) atoms. The number of ether oxygens (including phenoxy) is 4. The van der Waals surface area contributed by atoms with Crippen molar-refractivity contribution in [1.29, 1.82) is 0 Å². The second kappa shape index (κ2) is 12.5. The number of esters is 2. The fourth-order valence-electron chi connectivity index (χ4n) is 2.19. The van der Waals surface area contributed by atoms with Crippen LogP contribution in [-0.4, -0.2) is 50.2 Å². The van der Waals surface area contributed by atoms with Crippen LogP contribution < -0.4 is 5.32 Å².